The molecule has 0 unspecified atom stereocenters. The molecule has 0 aromatic carbocycles. The highest BCUT2D eigenvalue weighted by molar-refractivity contribution is 5.04. The first-order valence-electron chi connectivity index (χ1n) is 2.64. The van der Waals surface area contributed by atoms with Crippen LogP contribution in [0.25, 0.3) is 0 Å². The molecule has 0 atom stereocenters. The molecule has 0 aromatic heterocycles. The van der Waals surface area contributed by atoms with E-state index in [1.165, 1.54) is 5.73 Å². The van der Waals surface area contributed by atoms with Crippen molar-refractivity contribution in [2.75, 3.05) is 13.3 Å². The number of hydrogen-bond acceptors (Lipinski definition) is 0. The minimum Gasteiger partial charge on any atom is -0.245 e. The van der Waals surface area contributed by atoms with Gasteiger partial charge in [0, 0.05) is 5.57 Å². The lowest BCUT2D eigenvalue weighted by Gasteiger charge is -1.94. The molecule has 0 nitrogen and oxygen atoms in total. The van der Waals surface area contributed by atoms with Gasteiger partial charge in [-0.3, -0.25) is 0 Å². The summed E-state index contributed by atoms with van der Waals surface area (Å²) in [6, 6.07) is 0. The molecule has 0 aliphatic carbocycles. The van der Waals surface area contributed by atoms with Crippen molar-refractivity contribution in [2.45, 2.75) is 6.18 Å². The lowest BCUT2D eigenvalue weighted by atomic mass is 10.3. The van der Waals surface area contributed by atoms with Gasteiger partial charge in [0.1, 0.15) is 13.3 Å². The molecule has 0 amide bonds. The molecule has 0 spiro atoms. The molecular formula is C6H5F5. The zero-order valence-corrected chi connectivity index (χ0v) is 5.38. The van der Waals surface area contributed by atoms with Crippen molar-refractivity contribution in [1.82, 2.24) is 0 Å². The Hall–Kier alpha value is -0.830. The smallest absolute Gasteiger partial charge is 0.245 e. The van der Waals surface area contributed by atoms with Crippen LogP contribution in [0.15, 0.2) is 17.4 Å². The van der Waals surface area contributed by atoms with Gasteiger partial charge in [-0.05, 0) is 0 Å². The minimum absolute atomic E-state index is 0.318. The third-order valence-corrected chi connectivity index (χ3v) is 0.763. The summed E-state index contributed by atoms with van der Waals surface area (Å²) in [5, 5.41) is 0. The molecule has 0 aliphatic rings. The van der Waals surface area contributed by atoms with E-state index in [0.717, 1.165) is 0 Å². The molecule has 0 saturated heterocycles. The molecule has 0 fully saturated rings. The van der Waals surface area contributed by atoms with E-state index in [-0.39, 0.29) is 6.08 Å². The topological polar surface area (TPSA) is 0 Å². The highest BCUT2D eigenvalue weighted by Crippen LogP contribution is 2.15. The minimum atomic E-state index is -4.56. The van der Waals surface area contributed by atoms with Crippen LogP contribution in [0, 0.1) is 0 Å². The Morgan fingerprint density at radius 3 is 1.91 bits per heavy atom. The zero-order valence-electron chi connectivity index (χ0n) is 5.38. The summed E-state index contributed by atoms with van der Waals surface area (Å²) < 4.78 is 56.9. The van der Waals surface area contributed by atoms with Crippen LogP contribution in [-0.2, 0) is 0 Å². The van der Waals surface area contributed by atoms with E-state index >= 15 is 0 Å². The predicted octanol–water partition coefficient (Wildman–Crippen LogP) is 2.57. The van der Waals surface area contributed by atoms with E-state index in [1.54, 1.807) is 0 Å². The maximum atomic E-state index is 11.5. The maximum Gasteiger partial charge on any atom is 0.416 e. The van der Waals surface area contributed by atoms with E-state index in [1.807, 2.05) is 0 Å². The SMILES string of the molecule is FCC(=C=CC(F)(F)F)CF. The normalized spacial score (nSPS) is 10.6. The third kappa shape index (κ3) is 5.61. The van der Waals surface area contributed by atoms with Crippen molar-refractivity contribution in [3.8, 4) is 0 Å². The molecule has 0 N–H and O–H groups in total. The zero-order chi connectivity index (χ0) is 8.91. The van der Waals surface area contributed by atoms with Crippen LogP contribution in [0.2, 0.25) is 0 Å². The summed E-state index contributed by atoms with van der Waals surface area (Å²) in [4.78, 5) is 0. The van der Waals surface area contributed by atoms with Crippen molar-refractivity contribution < 1.29 is 22.0 Å². The van der Waals surface area contributed by atoms with Crippen LogP contribution >= 0.6 is 0 Å². The number of rotatable bonds is 2. The Kier molecular flexibility index (Phi) is 3.82. The van der Waals surface area contributed by atoms with Gasteiger partial charge in [0.15, 0.2) is 0 Å². The van der Waals surface area contributed by atoms with Crippen LogP contribution < -0.4 is 0 Å². The highest BCUT2D eigenvalue weighted by atomic mass is 19.4. The average Bonchev–Trinajstić information content (AvgIpc) is 1.88. The lowest BCUT2D eigenvalue weighted by molar-refractivity contribution is -0.0797. The summed E-state index contributed by atoms with van der Waals surface area (Å²) in [5.41, 5.74) is 0.839. The van der Waals surface area contributed by atoms with Gasteiger partial charge in [0.05, 0.1) is 6.08 Å². The van der Waals surface area contributed by atoms with Crippen LogP contribution in [0.5, 0.6) is 0 Å². The number of halogens is 5. The summed E-state index contributed by atoms with van der Waals surface area (Å²) in [5.74, 6) is 0. The van der Waals surface area contributed by atoms with Crippen LogP contribution in [0.1, 0.15) is 0 Å². The summed E-state index contributed by atoms with van der Waals surface area (Å²) >= 11 is 0. The number of hydrogen-bond donors (Lipinski definition) is 0. The second-order valence-corrected chi connectivity index (χ2v) is 1.70. The Bertz CT molecular complexity index is 166. The summed E-state index contributed by atoms with van der Waals surface area (Å²) in [6.45, 7) is -2.49. The Labute approximate surface area is 60.0 Å². The Morgan fingerprint density at radius 1 is 1.18 bits per heavy atom. The van der Waals surface area contributed by atoms with E-state index in [4.69, 9.17) is 0 Å². The van der Waals surface area contributed by atoms with Gasteiger partial charge in [0.2, 0.25) is 0 Å². The first-order chi connectivity index (χ1) is 4.99. The fourth-order valence-electron chi connectivity index (χ4n) is 0.297. The average molecular weight is 172 g/mol. The van der Waals surface area contributed by atoms with E-state index in [9.17, 15) is 22.0 Å². The molecule has 5 heteroatoms. The third-order valence-electron chi connectivity index (χ3n) is 0.763. The molecule has 0 bridgehead atoms. The monoisotopic (exact) mass is 172 g/mol. The van der Waals surface area contributed by atoms with Crippen molar-refractivity contribution in [1.29, 1.82) is 0 Å². The van der Waals surface area contributed by atoms with E-state index in [2.05, 4.69) is 0 Å². The molecular weight excluding hydrogens is 167 g/mol. The van der Waals surface area contributed by atoms with Crippen molar-refractivity contribution in [3.05, 3.63) is 17.4 Å². The Balaban J connectivity index is 4.36. The van der Waals surface area contributed by atoms with Gasteiger partial charge < -0.3 is 0 Å². The van der Waals surface area contributed by atoms with Crippen LogP contribution in [-0.4, -0.2) is 19.5 Å². The molecule has 0 saturated carbocycles. The molecule has 0 aromatic rings. The standard InChI is InChI=1S/C6H5F5/c7-3-5(4-8)1-2-6(9,10)11/h2H,3-4H2. The van der Waals surface area contributed by atoms with Gasteiger partial charge in [-0.15, -0.1) is 5.73 Å². The van der Waals surface area contributed by atoms with Gasteiger partial charge in [-0.2, -0.15) is 13.2 Å². The van der Waals surface area contributed by atoms with Gasteiger partial charge in [0.25, 0.3) is 0 Å². The summed E-state index contributed by atoms with van der Waals surface area (Å²) in [6.07, 6.45) is -4.88. The molecule has 0 radical (unpaired) electrons. The molecule has 0 rings (SSSR count). The summed E-state index contributed by atoms with van der Waals surface area (Å²) in [7, 11) is 0. The van der Waals surface area contributed by atoms with Crippen molar-refractivity contribution >= 4 is 0 Å². The van der Waals surface area contributed by atoms with Crippen molar-refractivity contribution in [3.63, 3.8) is 0 Å². The molecule has 11 heavy (non-hydrogen) atoms. The predicted molar refractivity (Wildman–Crippen MR) is 29.6 cm³/mol. The van der Waals surface area contributed by atoms with Crippen LogP contribution in [0.3, 0.4) is 0 Å². The fourth-order valence-corrected chi connectivity index (χ4v) is 0.297. The fraction of sp³-hybridized carbons (Fsp3) is 0.500. The lowest BCUT2D eigenvalue weighted by Crippen LogP contribution is -2.00. The van der Waals surface area contributed by atoms with E-state index in [0.29, 0.717) is 0 Å². The van der Waals surface area contributed by atoms with Gasteiger partial charge in [-0.25, -0.2) is 8.78 Å². The molecule has 64 valence electrons. The second kappa shape index (κ2) is 4.13. The van der Waals surface area contributed by atoms with Gasteiger partial charge in [-0.1, -0.05) is 0 Å². The number of alkyl halides is 5. The largest absolute Gasteiger partial charge is 0.416 e. The molecule has 0 aliphatic heterocycles. The molecule has 0 heterocycles. The van der Waals surface area contributed by atoms with Gasteiger partial charge >= 0.3 is 6.18 Å². The highest BCUT2D eigenvalue weighted by Gasteiger charge is 2.21. The van der Waals surface area contributed by atoms with Crippen molar-refractivity contribution in [2.24, 2.45) is 0 Å². The Morgan fingerprint density at radius 2 is 1.64 bits per heavy atom. The first kappa shape index (κ1) is 10.2. The van der Waals surface area contributed by atoms with Crippen LogP contribution in [0.4, 0.5) is 22.0 Å². The first-order valence-corrected chi connectivity index (χ1v) is 2.64. The quantitative estimate of drug-likeness (QED) is 0.443. The second-order valence-electron chi connectivity index (χ2n) is 1.70. The number of allylic oxidation sites excluding steroid dienone is 1. The van der Waals surface area contributed by atoms with E-state index < -0.39 is 25.1 Å². The maximum absolute atomic E-state index is 11.5.